The summed E-state index contributed by atoms with van der Waals surface area (Å²) >= 11 is 0. The molecule has 0 amide bonds. The summed E-state index contributed by atoms with van der Waals surface area (Å²) in [5, 5.41) is 3.36. The second-order valence-corrected chi connectivity index (χ2v) is 4.83. The van der Waals surface area contributed by atoms with Gasteiger partial charge in [0.1, 0.15) is 0 Å². The molecular weight excluding hydrogens is 240 g/mol. The lowest BCUT2D eigenvalue weighted by molar-refractivity contribution is 0.0601. The summed E-state index contributed by atoms with van der Waals surface area (Å²) in [6.45, 7) is 4.32. The number of nitrogen functional groups attached to an aromatic ring is 1. The van der Waals surface area contributed by atoms with Crippen molar-refractivity contribution in [2.24, 2.45) is 0 Å². The van der Waals surface area contributed by atoms with Crippen LogP contribution in [0.4, 0.5) is 11.4 Å². The number of unbranched alkanes of at least 4 members (excludes halogenated alkanes) is 2. The molecule has 4 nitrogen and oxygen atoms in total. The number of nitrogens with one attached hydrogen (secondary N) is 1. The van der Waals surface area contributed by atoms with Gasteiger partial charge in [-0.25, -0.2) is 4.79 Å². The molecule has 19 heavy (non-hydrogen) atoms. The monoisotopic (exact) mass is 264 g/mol. The van der Waals surface area contributed by atoms with Crippen LogP contribution < -0.4 is 11.1 Å². The van der Waals surface area contributed by atoms with Crippen LogP contribution in [0, 0.1) is 0 Å². The van der Waals surface area contributed by atoms with Crippen molar-refractivity contribution in [1.29, 1.82) is 0 Å². The van der Waals surface area contributed by atoms with Crippen LogP contribution in [0.15, 0.2) is 18.2 Å². The van der Waals surface area contributed by atoms with E-state index in [4.69, 9.17) is 10.5 Å². The molecule has 106 valence electrons. The van der Waals surface area contributed by atoms with Crippen molar-refractivity contribution < 1.29 is 9.53 Å². The minimum absolute atomic E-state index is 0.335. The first-order valence-corrected chi connectivity index (χ1v) is 6.82. The molecule has 0 fully saturated rings. The molecule has 0 saturated heterocycles. The molecule has 1 atom stereocenters. The Bertz CT molecular complexity index is 419. The molecule has 0 aromatic heterocycles. The fourth-order valence-corrected chi connectivity index (χ4v) is 1.96. The number of benzene rings is 1. The molecule has 4 heteroatoms. The maximum atomic E-state index is 11.5. The number of ether oxygens (including phenoxy) is 1. The largest absolute Gasteiger partial charge is 0.465 e. The smallest absolute Gasteiger partial charge is 0.337 e. The quantitative estimate of drug-likeness (QED) is 0.450. The molecule has 1 unspecified atom stereocenters. The van der Waals surface area contributed by atoms with Crippen molar-refractivity contribution in [3.8, 4) is 0 Å². The Morgan fingerprint density at radius 3 is 2.79 bits per heavy atom. The number of anilines is 2. The van der Waals surface area contributed by atoms with Crippen LogP contribution in [0.25, 0.3) is 0 Å². The van der Waals surface area contributed by atoms with E-state index in [1.807, 2.05) is 0 Å². The maximum absolute atomic E-state index is 11.5. The highest BCUT2D eigenvalue weighted by molar-refractivity contribution is 5.91. The molecule has 1 aromatic rings. The number of hydrogen-bond acceptors (Lipinski definition) is 4. The van der Waals surface area contributed by atoms with E-state index in [1.165, 1.54) is 26.4 Å². The van der Waals surface area contributed by atoms with E-state index in [2.05, 4.69) is 19.2 Å². The normalized spacial score (nSPS) is 11.9. The second-order valence-electron chi connectivity index (χ2n) is 4.83. The number of rotatable bonds is 7. The van der Waals surface area contributed by atoms with Crippen LogP contribution >= 0.6 is 0 Å². The average molecular weight is 264 g/mol. The van der Waals surface area contributed by atoms with E-state index in [-0.39, 0.29) is 5.97 Å². The van der Waals surface area contributed by atoms with Gasteiger partial charge in [-0.1, -0.05) is 26.2 Å². The Morgan fingerprint density at radius 2 is 2.16 bits per heavy atom. The average Bonchev–Trinajstić information content (AvgIpc) is 2.40. The van der Waals surface area contributed by atoms with Crippen molar-refractivity contribution in [2.45, 2.75) is 45.6 Å². The van der Waals surface area contributed by atoms with Crippen LogP contribution in [-0.2, 0) is 4.74 Å². The summed E-state index contributed by atoms with van der Waals surface area (Å²) in [6.07, 6.45) is 4.74. The van der Waals surface area contributed by atoms with Crippen molar-refractivity contribution in [3.05, 3.63) is 23.8 Å². The number of esters is 1. The highest BCUT2D eigenvalue weighted by atomic mass is 16.5. The second kappa shape index (κ2) is 7.67. The summed E-state index contributed by atoms with van der Waals surface area (Å²) < 4.78 is 4.71. The standard InChI is InChI=1S/C15H24N2O2/c1-4-5-6-7-11(2)17-14-10-12(15(18)19-3)8-9-13(14)16/h8-11,17H,4-7,16H2,1-3H3. The lowest BCUT2D eigenvalue weighted by atomic mass is 10.1. The van der Waals surface area contributed by atoms with Gasteiger partial charge in [0.2, 0.25) is 0 Å². The Kier molecular flexibility index (Phi) is 6.19. The van der Waals surface area contributed by atoms with Gasteiger partial charge in [0.15, 0.2) is 0 Å². The van der Waals surface area contributed by atoms with E-state index in [1.54, 1.807) is 18.2 Å². The third-order valence-corrected chi connectivity index (χ3v) is 3.12. The molecule has 1 aromatic carbocycles. The fraction of sp³-hybridized carbons (Fsp3) is 0.533. The first-order chi connectivity index (χ1) is 9.08. The van der Waals surface area contributed by atoms with E-state index >= 15 is 0 Å². The number of hydrogen-bond donors (Lipinski definition) is 2. The van der Waals surface area contributed by atoms with Gasteiger partial charge >= 0.3 is 5.97 Å². The molecule has 0 radical (unpaired) electrons. The summed E-state index contributed by atoms with van der Waals surface area (Å²) in [7, 11) is 1.37. The minimum Gasteiger partial charge on any atom is -0.465 e. The van der Waals surface area contributed by atoms with Crippen LogP contribution in [0.5, 0.6) is 0 Å². The van der Waals surface area contributed by atoms with Gasteiger partial charge in [-0.2, -0.15) is 0 Å². The van der Waals surface area contributed by atoms with Crippen LogP contribution in [0.1, 0.15) is 49.9 Å². The van der Waals surface area contributed by atoms with Crippen molar-refractivity contribution in [1.82, 2.24) is 0 Å². The van der Waals surface area contributed by atoms with Crippen LogP contribution in [0.3, 0.4) is 0 Å². The highest BCUT2D eigenvalue weighted by Gasteiger charge is 2.10. The topological polar surface area (TPSA) is 64.3 Å². The van der Waals surface area contributed by atoms with E-state index in [9.17, 15) is 4.79 Å². The number of nitrogens with two attached hydrogens (primary N) is 1. The molecule has 3 N–H and O–H groups in total. The van der Waals surface area contributed by atoms with Gasteiger partial charge in [-0.15, -0.1) is 0 Å². The lowest BCUT2D eigenvalue weighted by Crippen LogP contribution is -2.16. The molecule has 1 rings (SSSR count). The minimum atomic E-state index is -0.346. The first-order valence-electron chi connectivity index (χ1n) is 6.82. The number of methoxy groups -OCH3 is 1. The summed E-state index contributed by atoms with van der Waals surface area (Å²) in [5.74, 6) is -0.346. The zero-order chi connectivity index (χ0) is 14.3. The Morgan fingerprint density at radius 1 is 1.42 bits per heavy atom. The molecule has 0 bridgehead atoms. The van der Waals surface area contributed by atoms with Crippen molar-refractivity contribution >= 4 is 17.3 Å². The van der Waals surface area contributed by atoms with Gasteiger partial charge in [0, 0.05) is 6.04 Å². The fourth-order valence-electron chi connectivity index (χ4n) is 1.96. The molecule has 0 aliphatic rings. The molecule has 0 heterocycles. The zero-order valence-electron chi connectivity index (χ0n) is 12.0. The molecular formula is C15H24N2O2. The first kappa shape index (κ1) is 15.3. The van der Waals surface area contributed by atoms with Crippen LogP contribution in [-0.4, -0.2) is 19.1 Å². The van der Waals surface area contributed by atoms with Gasteiger partial charge < -0.3 is 15.8 Å². The molecule has 0 saturated carbocycles. The van der Waals surface area contributed by atoms with E-state index in [0.29, 0.717) is 17.3 Å². The van der Waals surface area contributed by atoms with Gasteiger partial charge in [0.05, 0.1) is 24.0 Å². The Hall–Kier alpha value is -1.71. The summed E-state index contributed by atoms with van der Waals surface area (Å²) in [4.78, 5) is 11.5. The summed E-state index contributed by atoms with van der Waals surface area (Å²) in [5.41, 5.74) is 7.88. The SMILES string of the molecule is CCCCCC(C)Nc1cc(C(=O)OC)ccc1N. The molecule has 0 aliphatic heterocycles. The van der Waals surface area contributed by atoms with Crippen molar-refractivity contribution in [2.75, 3.05) is 18.2 Å². The van der Waals surface area contributed by atoms with Crippen LogP contribution in [0.2, 0.25) is 0 Å². The number of carbonyl (C=O) groups excluding carboxylic acids is 1. The Labute approximate surface area is 115 Å². The van der Waals surface area contributed by atoms with E-state index in [0.717, 1.165) is 12.1 Å². The van der Waals surface area contributed by atoms with Gasteiger partial charge in [-0.3, -0.25) is 0 Å². The highest BCUT2D eigenvalue weighted by Crippen LogP contribution is 2.22. The van der Waals surface area contributed by atoms with Crippen molar-refractivity contribution in [3.63, 3.8) is 0 Å². The van der Waals surface area contributed by atoms with Gasteiger partial charge in [0.25, 0.3) is 0 Å². The van der Waals surface area contributed by atoms with E-state index < -0.39 is 0 Å². The predicted octanol–water partition coefficient (Wildman–Crippen LogP) is 3.44. The zero-order valence-corrected chi connectivity index (χ0v) is 12.0. The predicted molar refractivity (Wildman–Crippen MR) is 79.4 cm³/mol. The summed E-state index contributed by atoms with van der Waals surface area (Å²) in [6, 6.07) is 5.49. The maximum Gasteiger partial charge on any atom is 0.337 e. The third-order valence-electron chi connectivity index (χ3n) is 3.12. The molecule has 0 aliphatic carbocycles. The number of carbonyl (C=O) groups is 1. The van der Waals surface area contributed by atoms with Gasteiger partial charge in [-0.05, 0) is 31.5 Å². The third kappa shape index (κ3) is 4.81. The Balaban J connectivity index is 2.68. The molecule has 0 spiro atoms. The lowest BCUT2D eigenvalue weighted by Gasteiger charge is -2.17.